The third-order valence-electron chi connectivity index (χ3n) is 4.97. The molecule has 2 saturated heterocycles. The first-order valence-corrected chi connectivity index (χ1v) is 7.71. The second-order valence-corrected chi connectivity index (χ2v) is 6.58. The fourth-order valence-corrected chi connectivity index (χ4v) is 3.62. The van der Waals surface area contributed by atoms with Gasteiger partial charge in [0, 0.05) is 33.3 Å². The highest BCUT2D eigenvalue weighted by atomic mass is 16.5. The second kappa shape index (κ2) is 5.35. The number of ether oxygens (including phenoxy) is 1. The number of hydrogen-bond acceptors (Lipinski definition) is 3. The molecule has 3 rings (SSSR count). The van der Waals surface area contributed by atoms with Crippen molar-refractivity contribution in [1.82, 2.24) is 9.80 Å². The zero-order valence-corrected chi connectivity index (χ0v) is 12.3. The first kappa shape index (κ1) is 13.9. The van der Waals surface area contributed by atoms with E-state index in [1.54, 1.807) is 0 Å². The average molecular weight is 280 g/mol. The first-order valence-electron chi connectivity index (χ1n) is 7.71. The van der Waals surface area contributed by atoms with Crippen LogP contribution in [0.4, 0.5) is 0 Å². The number of piperidine rings is 1. The Morgan fingerprint density at radius 2 is 2.15 bits per heavy atom. The van der Waals surface area contributed by atoms with Gasteiger partial charge in [0.2, 0.25) is 11.8 Å². The van der Waals surface area contributed by atoms with E-state index in [0.717, 1.165) is 38.3 Å². The molecule has 3 aliphatic rings. The zero-order chi connectivity index (χ0) is 14.2. The lowest BCUT2D eigenvalue weighted by Gasteiger charge is -2.39. The predicted molar refractivity (Wildman–Crippen MR) is 74.0 cm³/mol. The SMILES string of the molecule is COCC(=O)N1CC[C@]2(CCCN(CC3CC3)C2=O)C1. The molecule has 5 heteroatoms. The van der Waals surface area contributed by atoms with Gasteiger partial charge in [0.15, 0.2) is 0 Å². The number of carbonyl (C=O) groups excluding carboxylic acids is 2. The molecule has 20 heavy (non-hydrogen) atoms. The summed E-state index contributed by atoms with van der Waals surface area (Å²) in [5.74, 6) is 1.04. The van der Waals surface area contributed by atoms with Crippen LogP contribution in [0.3, 0.4) is 0 Å². The molecule has 112 valence electrons. The van der Waals surface area contributed by atoms with E-state index in [2.05, 4.69) is 4.90 Å². The van der Waals surface area contributed by atoms with Gasteiger partial charge in [-0.3, -0.25) is 9.59 Å². The Balaban J connectivity index is 1.65. The molecule has 0 aromatic heterocycles. The highest BCUT2D eigenvalue weighted by molar-refractivity contribution is 5.86. The Morgan fingerprint density at radius 1 is 1.35 bits per heavy atom. The minimum atomic E-state index is -0.295. The Hall–Kier alpha value is -1.10. The van der Waals surface area contributed by atoms with Crippen LogP contribution in [0.1, 0.15) is 32.1 Å². The van der Waals surface area contributed by atoms with E-state index in [1.165, 1.54) is 20.0 Å². The Kier molecular flexibility index (Phi) is 3.71. The van der Waals surface area contributed by atoms with Gasteiger partial charge < -0.3 is 14.5 Å². The number of amides is 2. The molecule has 0 radical (unpaired) electrons. The first-order chi connectivity index (χ1) is 9.64. The standard InChI is InChI=1S/C15H24N2O3/c1-20-10-13(18)17-8-6-15(11-17)5-2-7-16(14(15)19)9-12-3-4-12/h12H,2-11H2,1H3/t15-/m1/s1. The predicted octanol–water partition coefficient (Wildman–Crippen LogP) is 0.884. The minimum absolute atomic E-state index is 0.0106. The molecule has 2 heterocycles. The van der Waals surface area contributed by atoms with E-state index in [1.807, 2.05) is 4.90 Å². The molecule has 0 bridgehead atoms. The summed E-state index contributed by atoms with van der Waals surface area (Å²) in [5, 5.41) is 0. The lowest BCUT2D eigenvalue weighted by molar-refractivity contribution is -0.146. The number of methoxy groups -OCH3 is 1. The number of carbonyl (C=O) groups is 2. The average Bonchev–Trinajstić information content (AvgIpc) is 3.14. The monoisotopic (exact) mass is 280 g/mol. The zero-order valence-electron chi connectivity index (χ0n) is 12.3. The molecule has 0 aromatic carbocycles. The lowest BCUT2D eigenvalue weighted by Crippen LogP contribution is -2.51. The summed E-state index contributed by atoms with van der Waals surface area (Å²) in [7, 11) is 1.53. The second-order valence-electron chi connectivity index (χ2n) is 6.58. The Morgan fingerprint density at radius 3 is 2.85 bits per heavy atom. The summed E-state index contributed by atoms with van der Waals surface area (Å²) < 4.78 is 4.91. The fraction of sp³-hybridized carbons (Fsp3) is 0.867. The van der Waals surface area contributed by atoms with Crippen molar-refractivity contribution in [1.29, 1.82) is 0 Å². The quantitative estimate of drug-likeness (QED) is 0.768. The maximum Gasteiger partial charge on any atom is 0.248 e. The van der Waals surface area contributed by atoms with E-state index in [4.69, 9.17) is 4.74 Å². The van der Waals surface area contributed by atoms with Crippen molar-refractivity contribution in [3.63, 3.8) is 0 Å². The van der Waals surface area contributed by atoms with Crippen LogP contribution >= 0.6 is 0 Å². The summed E-state index contributed by atoms with van der Waals surface area (Å²) in [6.45, 7) is 3.26. The minimum Gasteiger partial charge on any atom is -0.375 e. The van der Waals surface area contributed by atoms with E-state index >= 15 is 0 Å². The Bertz CT molecular complexity index is 408. The summed E-state index contributed by atoms with van der Waals surface area (Å²) in [6, 6.07) is 0. The van der Waals surface area contributed by atoms with E-state index in [0.29, 0.717) is 19.0 Å². The smallest absolute Gasteiger partial charge is 0.248 e. The van der Waals surface area contributed by atoms with Gasteiger partial charge in [0.1, 0.15) is 6.61 Å². The van der Waals surface area contributed by atoms with Crippen molar-refractivity contribution in [3.05, 3.63) is 0 Å². The van der Waals surface area contributed by atoms with Crippen LogP contribution in [0.5, 0.6) is 0 Å². The molecule has 0 unspecified atom stereocenters. The molecular weight excluding hydrogens is 256 g/mol. The molecule has 0 N–H and O–H groups in total. The molecular formula is C15H24N2O3. The van der Waals surface area contributed by atoms with Crippen LogP contribution in [0, 0.1) is 11.3 Å². The van der Waals surface area contributed by atoms with Gasteiger partial charge in [-0.1, -0.05) is 0 Å². The number of hydrogen-bond donors (Lipinski definition) is 0. The molecule has 1 aliphatic carbocycles. The third-order valence-corrected chi connectivity index (χ3v) is 4.97. The maximum absolute atomic E-state index is 12.8. The molecule has 3 fully saturated rings. The fourth-order valence-electron chi connectivity index (χ4n) is 3.62. The van der Waals surface area contributed by atoms with Crippen molar-refractivity contribution in [2.45, 2.75) is 32.1 Å². The number of likely N-dealkylation sites (tertiary alicyclic amines) is 2. The summed E-state index contributed by atoms with van der Waals surface area (Å²) in [4.78, 5) is 28.6. The normalized spacial score (nSPS) is 30.4. The molecule has 0 aromatic rings. The highest BCUT2D eigenvalue weighted by Gasteiger charge is 2.49. The summed E-state index contributed by atoms with van der Waals surface area (Å²) in [5.41, 5.74) is -0.295. The molecule has 1 saturated carbocycles. The Labute approximate surface area is 120 Å². The van der Waals surface area contributed by atoms with Crippen molar-refractivity contribution in [3.8, 4) is 0 Å². The van der Waals surface area contributed by atoms with Crippen molar-refractivity contribution in [2.24, 2.45) is 11.3 Å². The topological polar surface area (TPSA) is 49.9 Å². The molecule has 1 spiro atoms. The van der Waals surface area contributed by atoms with Crippen molar-refractivity contribution >= 4 is 11.8 Å². The number of nitrogens with zero attached hydrogens (tertiary/aromatic N) is 2. The maximum atomic E-state index is 12.8. The van der Waals surface area contributed by atoms with Crippen molar-refractivity contribution < 1.29 is 14.3 Å². The lowest BCUT2D eigenvalue weighted by atomic mass is 9.78. The van der Waals surface area contributed by atoms with Crippen LogP contribution in [-0.2, 0) is 14.3 Å². The van der Waals surface area contributed by atoms with E-state index < -0.39 is 0 Å². The van der Waals surface area contributed by atoms with Crippen LogP contribution in [0.25, 0.3) is 0 Å². The highest BCUT2D eigenvalue weighted by Crippen LogP contribution is 2.41. The van der Waals surface area contributed by atoms with Gasteiger partial charge in [-0.25, -0.2) is 0 Å². The van der Waals surface area contributed by atoms with Gasteiger partial charge in [-0.2, -0.15) is 0 Å². The van der Waals surface area contributed by atoms with Crippen LogP contribution < -0.4 is 0 Å². The van der Waals surface area contributed by atoms with Gasteiger partial charge in [0.05, 0.1) is 5.41 Å². The molecule has 2 amide bonds. The van der Waals surface area contributed by atoms with E-state index in [-0.39, 0.29) is 17.9 Å². The van der Waals surface area contributed by atoms with Crippen molar-refractivity contribution in [2.75, 3.05) is 39.9 Å². The summed E-state index contributed by atoms with van der Waals surface area (Å²) in [6.07, 6.45) is 5.38. The summed E-state index contributed by atoms with van der Waals surface area (Å²) >= 11 is 0. The number of rotatable bonds is 4. The molecule has 5 nitrogen and oxygen atoms in total. The molecule has 2 aliphatic heterocycles. The van der Waals surface area contributed by atoms with Crippen LogP contribution in [0.2, 0.25) is 0 Å². The van der Waals surface area contributed by atoms with Gasteiger partial charge in [0.25, 0.3) is 0 Å². The van der Waals surface area contributed by atoms with Gasteiger partial charge in [-0.05, 0) is 38.0 Å². The van der Waals surface area contributed by atoms with Gasteiger partial charge in [-0.15, -0.1) is 0 Å². The third kappa shape index (κ3) is 2.55. The van der Waals surface area contributed by atoms with E-state index in [9.17, 15) is 9.59 Å². The van der Waals surface area contributed by atoms with Crippen LogP contribution in [0.15, 0.2) is 0 Å². The van der Waals surface area contributed by atoms with Gasteiger partial charge >= 0.3 is 0 Å². The molecule has 1 atom stereocenters. The van der Waals surface area contributed by atoms with Crippen LogP contribution in [-0.4, -0.2) is 61.5 Å². The largest absolute Gasteiger partial charge is 0.375 e.